The summed E-state index contributed by atoms with van der Waals surface area (Å²) in [6, 6.07) is 10.5. The number of thiophene rings is 1. The highest BCUT2D eigenvalue weighted by molar-refractivity contribution is 7.11. The summed E-state index contributed by atoms with van der Waals surface area (Å²) in [5.74, 6) is 0. The summed E-state index contributed by atoms with van der Waals surface area (Å²) < 4.78 is 0. The molecule has 6 heteroatoms. The lowest BCUT2D eigenvalue weighted by molar-refractivity contribution is 0.222. The molecule has 3 heterocycles. The summed E-state index contributed by atoms with van der Waals surface area (Å²) in [7, 11) is 0. The van der Waals surface area contributed by atoms with Crippen LogP contribution in [0.3, 0.4) is 0 Å². The molecule has 1 aliphatic heterocycles. The van der Waals surface area contributed by atoms with E-state index in [1.807, 2.05) is 23.5 Å². The van der Waals surface area contributed by atoms with Crippen LogP contribution in [0.15, 0.2) is 35.1 Å². The molecule has 1 aliphatic rings. The summed E-state index contributed by atoms with van der Waals surface area (Å²) in [5.41, 5.74) is 2.74. The van der Waals surface area contributed by atoms with Gasteiger partial charge in [-0.2, -0.15) is 0 Å². The van der Waals surface area contributed by atoms with Gasteiger partial charge in [-0.25, -0.2) is 4.79 Å². The van der Waals surface area contributed by atoms with Crippen molar-refractivity contribution in [2.75, 3.05) is 13.1 Å². The van der Waals surface area contributed by atoms with E-state index < -0.39 is 0 Å². The predicted octanol–water partition coefficient (Wildman–Crippen LogP) is 3.19. The number of fused-ring (bicyclic) bond motifs is 1. The minimum absolute atomic E-state index is 0.153. The lowest BCUT2D eigenvalue weighted by Gasteiger charge is -2.25. The number of H-pyrrole nitrogens is 2. The van der Waals surface area contributed by atoms with Gasteiger partial charge in [-0.05, 0) is 55.8 Å². The van der Waals surface area contributed by atoms with Gasteiger partial charge in [0, 0.05) is 29.4 Å². The largest absolute Gasteiger partial charge is 0.323 e. The first-order chi connectivity index (χ1) is 12.3. The maximum Gasteiger partial charge on any atom is 0.323 e. The van der Waals surface area contributed by atoms with Crippen molar-refractivity contribution < 1.29 is 0 Å². The maximum absolute atomic E-state index is 11.3. The Morgan fingerprint density at radius 2 is 1.76 bits per heavy atom. The average molecular weight is 356 g/mol. The fourth-order valence-corrected chi connectivity index (χ4v) is 4.49. The van der Waals surface area contributed by atoms with Gasteiger partial charge in [-0.3, -0.25) is 4.90 Å². The minimum atomic E-state index is -0.153. The van der Waals surface area contributed by atoms with Gasteiger partial charge in [0.05, 0.1) is 11.0 Å². The smallest absolute Gasteiger partial charge is 0.308 e. The van der Waals surface area contributed by atoms with Crippen LogP contribution in [-0.4, -0.2) is 28.0 Å². The Bertz CT molecular complexity index is 888. The van der Waals surface area contributed by atoms with Gasteiger partial charge in [-0.15, -0.1) is 11.3 Å². The number of likely N-dealkylation sites (tertiary alicyclic amines) is 1. The van der Waals surface area contributed by atoms with E-state index in [1.54, 1.807) is 0 Å². The van der Waals surface area contributed by atoms with E-state index in [0.717, 1.165) is 30.7 Å². The Morgan fingerprint density at radius 3 is 2.64 bits per heavy atom. The van der Waals surface area contributed by atoms with Crippen LogP contribution in [0.1, 0.15) is 34.6 Å². The van der Waals surface area contributed by atoms with Crippen LogP contribution in [0.2, 0.25) is 0 Å². The number of hydrogen-bond acceptors (Lipinski definition) is 4. The number of hydrogen-bond donors (Lipinski definition) is 3. The van der Waals surface area contributed by atoms with E-state index in [0.29, 0.717) is 0 Å². The molecule has 3 aromatic rings. The molecule has 0 amide bonds. The number of piperidine rings is 1. The van der Waals surface area contributed by atoms with Crippen molar-refractivity contribution in [3.05, 3.63) is 56.1 Å². The second-order valence-corrected chi connectivity index (χ2v) is 8.02. The second kappa shape index (κ2) is 7.56. The Kier molecular flexibility index (Phi) is 5.01. The molecule has 0 unspecified atom stereocenters. The van der Waals surface area contributed by atoms with E-state index in [-0.39, 0.29) is 5.69 Å². The predicted molar refractivity (Wildman–Crippen MR) is 103 cm³/mol. The first-order valence-electron chi connectivity index (χ1n) is 8.98. The van der Waals surface area contributed by atoms with Gasteiger partial charge in [0.15, 0.2) is 0 Å². The molecular formula is C19H24N4OS. The zero-order chi connectivity index (χ0) is 17.1. The van der Waals surface area contributed by atoms with Crippen LogP contribution in [-0.2, 0) is 19.6 Å². The molecule has 2 aromatic heterocycles. The molecule has 0 atom stereocenters. The number of benzene rings is 1. The van der Waals surface area contributed by atoms with Crippen molar-refractivity contribution in [2.45, 2.75) is 38.9 Å². The first kappa shape index (κ1) is 16.6. The third-order valence-electron chi connectivity index (χ3n) is 4.75. The number of aromatic nitrogens is 2. The van der Waals surface area contributed by atoms with Gasteiger partial charge >= 0.3 is 5.69 Å². The van der Waals surface area contributed by atoms with Crippen molar-refractivity contribution in [1.29, 1.82) is 0 Å². The highest BCUT2D eigenvalue weighted by Crippen LogP contribution is 2.20. The molecule has 3 N–H and O–H groups in total. The molecule has 0 saturated carbocycles. The molecule has 25 heavy (non-hydrogen) atoms. The Hall–Kier alpha value is -1.89. The van der Waals surface area contributed by atoms with Crippen LogP contribution >= 0.6 is 11.3 Å². The molecule has 132 valence electrons. The molecule has 4 rings (SSSR count). The van der Waals surface area contributed by atoms with Gasteiger partial charge in [0.2, 0.25) is 0 Å². The monoisotopic (exact) mass is 356 g/mol. The minimum Gasteiger partial charge on any atom is -0.308 e. The SMILES string of the molecule is O=c1[nH]c2ccc(CNCc3ccc(CN4CCCCC4)s3)cc2[nH]1. The van der Waals surface area contributed by atoms with E-state index in [2.05, 4.69) is 38.4 Å². The normalized spacial score (nSPS) is 15.8. The Morgan fingerprint density at radius 1 is 0.960 bits per heavy atom. The van der Waals surface area contributed by atoms with Gasteiger partial charge in [-0.1, -0.05) is 12.5 Å². The third kappa shape index (κ3) is 4.21. The number of nitrogens with zero attached hydrogens (tertiary/aromatic N) is 1. The van der Waals surface area contributed by atoms with Crippen molar-refractivity contribution in [3.8, 4) is 0 Å². The van der Waals surface area contributed by atoms with Crippen LogP contribution < -0.4 is 11.0 Å². The maximum atomic E-state index is 11.3. The van der Waals surface area contributed by atoms with E-state index in [9.17, 15) is 4.79 Å². The summed E-state index contributed by atoms with van der Waals surface area (Å²) in [6.07, 6.45) is 4.08. The Labute approximate surface area is 151 Å². The lowest BCUT2D eigenvalue weighted by Crippen LogP contribution is -2.28. The average Bonchev–Trinajstić information content (AvgIpc) is 3.21. The van der Waals surface area contributed by atoms with Gasteiger partial charge < -0.3 is 15.3 Å². The van der Waals surface area contributed by atoms with Crippen LogP contribution in [0.25, 0.3) is 11.0 Å². The number of rotatable bonds is 6. The molecule has 0 spiro atoms. The van der Waals surface area contributed by atoms with E-state index >= 15 is 0 Å². The van der Waals surface area contributed by atoms with Gasteiger partial charge in [0.25, 0.3) is 0 Å². The first-order valence-corrected chi connectivity index (χ1v) is 9.79. The third-order valence-corrected chi connectivity index (χ3v) is 5.82. The summed E-state index contributed by atoms with van der Waals surface area (Å²) >= 11 is 1.91. The fraction of sp³-hybridized carbons (Fsp3) is 0.421. The number of aromatic amines is 2. The van der Waals surface area contributed by atoms with Crippen LogP contribution in [0.5, 0.6) is 0 Å². The quantitative estimate of drug-likeness (QED) is 0.635. The van der Waals surface area contributed by atoms with Crippen LogP contribution in [0.4, 0.5) is 0 Å². The van der Waals surface area contributed by atoms with E-state index in [1.165, 1.54) is 47.7 Å². The molecule has 0 bridgehead atoms. The molecule has 0 aliphatic carbocycles. The fourth-order valence-electron chi connectivity index (χ4n) is 3.46. The lowest BCUT2D eigenvalue weighted by atomic mass is 10.1. The zero-order valence-electron chi connectivity index (χ0n) is 14.3. The van der Waals surface area contributed by atoms with Gasteiger partial charge in [0.1, 0.15) is 0 Å². The van der Waals surface area contributed by atoms with Crippen molar-refractivity contribution in [2.24, 2.45) is 0 Å². The molecule has 1 fully saturated rings. The molecular weight excluding hydrogens is 332 g/mol. The molecule has 1 aromatic carbocycles. The topological polar surface area (TPSA) is 63.9 Å². The van der Waals surface area contributed by atoms with Crippen molar-refractivity contribution in [1.82, 2.24) is 20.2 Å². The highest BCUT2D eigenvalue weighted by atomic mass is 32.1. The van der Waals surface area contributed by atoms with E-state index in [4.69, 9.17) is 0 Å². The molecule has 1 saturated heterocycles. The number of imidazole rings is 1. The Balaban J connectivity index is 1.29. The zero-order valence-corrected chi connectivity index (χ0v) is 15.1. The standard InChI is InChI=1S/C19H24N4OS/c24-19-21-17-7-4-14(10-18(17)22-19)11-20-12-15-5-6-16(25-15)13-23-8-2-1-3-9-23/h4-7,10,20H,1-3,8-9,11-13H2,(H2,21,22,24). The highest BCUT2D eigenvalue weighted by Gasteiger charge is 2.11. The number of nitrogens with one attached hydrogen (secondary N) is 3. The second-order valence-electron chi connectivity index (χ2n) is 6.77. The summed E-state index contributed by atoms with van der Waals surface area (Å²) in [5, 5.41) is 3.50. The van der Waals surface area contributed by atoms with Crippen molar-refractivity contribution >= 4 is 22.4 Å². The molecule has 5 nitrogen and oxygen atoms in total. The summed E-state index contributed by atoms with van der Waals surface area (Å²) in [6.45, 7) is 5.27. The van der Waals surface area contributed by atoms with Crippen molar-refractivity contribution in [3.63, 3.8) is 0 Å². The summed E-state index contributed by atoms with van der Waals surface area (Å²) in [4.78, 5) is 22.3. The molecule has 0 radical (unpaired) electrons. The van der Waals surface area contributed by atoms with Crippen LogP contribution in [0, 0.1) is 0 Å².